The second-order valence-corrected chi connectivity index (χ2v) is 5.59. The first-order valence-corrected chi connectivity index (χ1v) is 7.22. The highest BCUT2D eigenvalue weighted by Crippen LogP contribution is 2.29. The number of likely N-dealkylation sites (N-methyl/N-ethyl adjacent to an activating group) is 1. The van der Waals surface area contributed by atoms with Crippen LogP contribution in [0.1, 0.15) is 0 Å². The fraction of sp³-hybridized carbons (Fsp3) is 0.235. The summed E-state index contributed by atoms with van der Waals surface area (Å²) < 4.78 is 16.2. The van der Waals surface area contributed by atoms with E-state index in [0.29, 0.717) is 17.1 Å². The third-order valence-corrected chi connectivity index (χ3v) is 3.70. The molecule has 0 bridgehead atoms. The second kappa shape index (κ2) is 5.77. The van der Waals surface area contributed by atoms with Gasteiger partial charge in [0, 0.05) is 13.1 Å². The van der Waals surface area contributed by atoms with E-state index >= 15 is 0 Å². The molecule has 1 heterocycles. The zero-order valence-corrected chi connectivity index (χ0v) is 12.8. The largest absolute Gasteiger partial charge is 0.397 e. The minimum Gasteiger partial charge on any atom is -0.397 e. The van der Waals surface area contributed by atoms with Crippen molar-refractivity contribution in [3.8, 4) is 11.4 Å². The number of aromatic nitrogens is 2. The highest BCUT2D eigenvalue weighted by Gasteiger charge is 2.16. The number of benzene rings is 2. The fourth-order valence-corrected chi connectivity index (χ4v) is 2.54. The number of fused-ring (bicyclic) bond motifs is 1. The molecule has 0 amide bonds. The highest BCUT2D eigenvalue weighted by atomic mass is 19.1. The number of anilines is 1. The van der Waals surface area contributed by atoms with Gasteiger partial charge in [0.1, 0.15) is 17.2 Å². The van der Waals surface area contributed by atoms with Crippen molar-refractivity contribution < 1.29 is 4.39 Å². The smallest absolute Gasteiger partial charge is 0.144 e. The first kappa shape index (κ1) is 14.5. The lowest BCUT2D eigenvalue weighted by atomic mass is 10.2. The van der Waals surface area contributed by atoms with Crippen LogP contribution in [0, 0.1) is 5.82 Å². The average molecular weight is 298 g/mol. The molecule has 0 unspecified atom stereocenters. The van der Waals surface area contributed by atoms with E-state index in [1.54, 1.807) is 12.1 Å². The maximum absolute atomic E-state index is 14.2. The Bertz CT molecular complexity index is 808. The van der Waals surface area contributed by atoms with Crippen molar-refractivity contribution in [2.75, 3.05) is 26.4 Å². The van der Waals surface area contributed by atoms with Gasteiger partial charge in [-0.05, 0) is 38.4 Å². The van der Waals surface area contributed by atoms with Crippen LogP contribution < -0.4 is 5.73 Å². The van der Waals surface area contributed by atoms with Gasteiger partial charge in [-0.2, -0.15) is 0 Å². The molecule has 2 N–H and O–H groups in total. The Balaban J connectivity index is 2.22. The van der Waals surface area contributed by atoms with E-state index < -0.39 is 0 Å². The van der Waals surface area contributed by atoms with Crippen LogP contribution in [0.5, 0.6) is 0 Å². The summed E-state index contributed by atoms with van der Waals surface area (Å²) in [6.45, 7) is 1.55. The van der Waals surface area contributed by atoms with Crippen LogP contribution in [0.3, 0.4) is 0 Å². The van der Waals surface area contributed by atoms with Crippen LogP contribution in [0.4, 0.5) is 10.1 Å². The molecule has 3 aromatic rings. The van der Waals surface area contributed by atoms with Crippen LogP contribution >= 0.6 is 0 Å². The molecule has 2 aromatic carbocycles. The quantitative estimate of drug-likeness (QED) is 0.753. The van der Waals surface area contributed by atoms with Crippen LogP contribution in [0.2, 0.25) is 0 Å². The lowest BCUT2D eigenvalue weighted by Crippen LogP contribution is -2.19. The van der Waals surface area contributed by atoms with E-state index in [4.69, 9.17) is 5.73 Å². The zero-order valence-electron chi connectivity index (χ0n) is 12.8. The number of imidazole rings is 1. The Morgan fingerprint density at radius 1 is 1.14 bits per heavy atom. The lowest BCUT2D eigenvalue weighted by Gasteiger charge is -2.13. The van der Waals surface area contributed by atoms with Crippen LogP contribution in [-0.4, -0.2) is 35.1 Å². The van der Waals surface area contributed by atoms with Crippen molar-refractivity contribution in [1.82, 2.24) is 14.5 Å². The number of hydrogen-bond donors (Lipinski definition) is 1. The molecule has 0 aliphatic heterocycles. The molecule has 1 aromatic heterocycles. The summed E-state index contributed by atoms with van der Waals surface area (Å²) in [5, 5.41) is 0. The molecule has 4 nitrogen and oxygen atoms in total. The van der Waals surface area contributed by atoms with Crippen molar-refractivity contribution in [2.24, 2.45) is 0 Å². The van der Waals surface area contributed by atoms with Gasteiger partial charge in [0.2, 0.25) is 0 Å². The van der Waals surface area contributed by atoms with Gasteiger partial charge in [-0.3, -0.25) is 0 Å². The maximum Gasteiger partial charge on any atom is 0.144 e. The van der Waals surface area contributed by atoms with E-state index in [2.05, 4.69) is 9.88 Å². The molecule has 0 fully saturated rings. The maximum atomic E-state index is 14.2. The third kappa shape index (κ3) is 2.55. The van der Waals surface area contributed by atoms with E-state index in [1.165, 1.54) is 6.07 Å². The Hall–Kier alpha value is -2.40. The summed E-state index contributed by atoms with van der Waals surface area (Å²) in [5.41, 5.74) is 8.79. The lowest BCUT2D eigenvalue weighted by molar-refractivity contribution is 0.387. The number of hydrogen-bond acceptors (Lipinski definition) is 3. The Labute approximate surface area is 129 Å². The van der Waals surface area contributed by atoms with Gasteiger partial charge in [0.25, 0.3) is 0 Å². The molecule has 22 heavy (non-hydrogen) atoms. The molecule has 3 rings (SSSR count). The van der Waals surface area contributed by atoms with Gasteiger partial charge in [-0.25, -0.2) is 9.37 Å². The predicted octanol–water partition coefficient (Wildman–Crippen LogP) is 2.99. The molecular formula is C17H19FN4. The van der Waals surface area contributed by atoms with Crippen molar-refractivity contribution in [3.05, 3.63) is 48.3 Å². The monoisotopic (exact) mass is 298 g/mol. The molecule has 0 radical (unpaired) electrons. The van der Waals surface area contributed by atoms with E-state index in [-0.39, 0.29) is 5.82 Å². The molecule has 0 saturated carbocycles. The molecule has 0 atom stereocenters. The van der Waals surface area contributed by atoms with Crippen LogP contribution in [0.25, 0.3) is 22.4 Å². The fourth-order valence-electron chi connectivity index (χ4n) is 2.54. The Morgan fingerprint density at radius 2 is 1.91 bits per heavy atom. The topological polar surface area (TPSA) is 47.1 Å². The van der Waals surface area contributed by atoms with Gasteiger partial charge < -0.3 is 15.2 Å². The molecular weight excluding hydrogens is 279 g/mol. The van der Waals surface area contributed by atoms with Gasteiger partial charge in [0.05, 0.1) is 16.8 Å². The third-order valence-electron chi connectivity index (χ3n) is 3.70. The number of rotatable bonds is 4. The standard InChI is InChI=1S/C17H19FN4/c1-21(2)10-11-22-15-9-5-8-14(19)16(15)20-17(22)12-6-3-4-7-13(12)18/h3-9H,10-11,19H2,1-2H3. The summed E-state index contributed by atoms with van der Waals surface area (Å²) in [6, 6.07) is 12.4. The summed E-state index contributed by atoms with van der Waals surface area (Å²) in [4.78, 5) is 6.69. The van der Waals surface area contributed by atoms with E-state index in [0.717, 1.165) is 24.1 Å². The first-order valence-electron chi connectivity index (χ1n) is 7.22. The normalized spacial score (nSPS) is 11.5. The van der Waals surface area contributed by atoms with Crippen molar-refractivity contribution in [1.29, 1.82) is 0 Å². The number of halogens is 1. The highest BCUT2D eigenvalue weighted by molar-refractivity contribution is 5.90. The second-order valence-electron chi connectivity index (χ2n) is 5.59. The summed E-state index contributed by atoms with van der Waals surface area (Å²) in [5.74, 6) is 0.343. The zero-order chi connectivity index (χ0) is 15.7. The number of nitrogen functional groups attached to an aromatic ring is 1. The molecule has 114 valence electrons. The Morgan fingerprint density at radius 3 is 2.64 bits per heavy atom. The summed E-state index contributed by atoms with van der Waals surface area (Å²) in [7, 11) is 4.02. The number of para-hydroxylation sites is 1. The first-order chi connectivity index (χ1) is 10.6. The number of nitrogens with zero attached hydrogens (tertiary/aromatic N) is 3. The summed E-state index contributed by atoms with van der Waals surface area (Å²) in [6.07, 6.45) is 0. The SMILES string of the molecule is CN(C)CCn1c(-c2ccccc2F)nc2c(N)cccc21. The predicted molar refractivity (Wildman–Crippen MR) is 88.1 cm³/mol. The van der Waals surface area contributed by atoms with Crippen LogP contribution in [0.15, 0.2) is 42.5 Å². The number of nitrogens with two attached hydrogens (primary N) is 1. The van der Waals surface area contributed by atoms with Gasteiger partial charge in [-0.1, -0.05) is 18.2 Å². The van der Waals surface area contributed by atoms with Crippen molar-refractivity contribution in [2.45, 2.75) is 6.54 Å². The van der Waals surface area contributed by atoms with Crippen molar-refractivity contribution >= 4 is 16.7 Å². The van der Waals surface area contributed by atoms with E-state index in [1.807, 2.05) is 42.9 Å². The van der Waals surface area contributed by atoms with Gasteiger partial charge >= 0.3 is 0 Å². The van der Waals surface area contributed by atoms with Gasteiger partial charge in [-0.15, -0.1) is 0 Å². The van der Waals surface area contributed by atoms with E-state index in [9.17, 15) is 4.39 Å². The molecule has 0 spiro atoms. The molecule has 0 aliphatic rings. The molecule has 5 heteroatoms. The summed E-state index contributed by atoms with van der Waals surface area (Å²) >= 11 is 0. The van der Waals surface area contributed by atoms with Crippen molar-refractivity contribution in [3.63, 3.8) is 0 Å². The van der Waals surface area contributed by atoms with Crippen LogP contribution in [-0.2, 0) is 6.54 Å². The van der Waals surface area contributed by atoms with Gasteiger partial charge in [0.15, 0.2) is 0 Å². The molecule has 0 saturated heterocycles. The average Bonchev–Trinajstić information content (AvgIpc) is 2.85. The minimum absolute atomic E-state index is 0.275. The minimum atomic E-state index is -0.275. The Kier molecular flexibility index (Phi) is 3.81. The molecule has 0 aliphatic carbocycles.